The second-order valence-corrected chi connectivity index (χ2v) is 3.15. The van der Waals surface area contributed by atoms with Crippen molar-refractivity contribution < 1.29 is 0 Å². The van der Waals surface area contributed by atoms with Gasteiger partial charge < -0.3 is 0 Å². The van der Waals surface area contributed by atoms with Gasteiger partial charge in [-0.3, -0.25) is 4.57 Å². The van der Waals surface area contributed by atoms with Gasteiger partial charge in [0, 0.05) is 12.4 Å². The molecule has 0 bridgehead atoms. The van der Waals surface area contributed by atoms with Crippen LogP contribution in [-0.4, -0.2) is 19.5 Å². The molecule has 4 heteroatoms. The Balaban J connectivity index is 2.28. The Morgan fingerprint density at radius 2 is 1.67 bits per heavy atom. The van der Waals surface area contributed by atoms with Crippen molar-refractivity contribution >= 4 is 11.0 Å². The predicted octanol–water partition coefficient (Wildman–Crippen LogP) is 1.82. The molecule has 0 radical (unpaired) electrons. The molecule has 0 aliphatic carbocycles. The van der Waals surface area contributed by atoms with Crippen molar-refractivity contribution in [3.8, 4) is 5.95 Å². The van der Waals surface area contributed by atoms with E-state index in [1.54, 1.807) is 24.8 Å². The molecule has 0 unspecified atom stereocenters. The molecule has 2 aromatic heterocycles. The number of nitrogens with zero attached hydrogens (tertiary/aromatic N) is 4. The molecule has 0 aliphatic heterocycles. The first-order valence-corrected chi connectivity index (χ1v) is 4.64. The number of aromatic nitrogens is 4. The van der Waals surface area contributed by atoms with Crippen molar-refractivity contribution in [1.82, 2.24) is 19.5 Å². The molecule has 0 saturated carbocycles. The van der Waals surface area contributed by atoms with Crippen LogP contribution in [0.2, 0.25) is 0 Å². The number of hydrogen-bond acceptors (Lipinski definition) is 3. The zero-order valence-electron chi connectivity index (χ0n) is 7.91. The summed E-state index contributed by atoms with van der Waals surface area (Å²) in [6.45, 7) is 0. The second-order valence-electron chi connectivity index (χ2n) is 3.15. The topological polar surface area (TPSA) is 43.6 Å². The van der Waals surface area contributed by atoms with E-state index < -0.39 is 0 Å². The lowest BCUT2D eigenvalue weighted by molar-refractivity contribution is 0.948. The number of rotatable bonds is 1. The van der Waals surface area contributed by atoms with Gasteiger partial charge in [0.2, 0.25) is 5.95 Å². The molecule has 3 rings (SSSR count). The minimum atomic E-state index is 0.645. The fourth-order valence-electron chi connectivity index (χ4n) is 1.53. The van der Waals surface area contributed by atoms with Gasteiger partial charge in [-0.15, -0.1) is 0 Å². The fraction of sp³-hybridized carbons (Fsp3) is 0. The van der Waals surface area contributed by atoms with Crippen LogP contribution in [0.4, 0.5) is 0 Å². The van der Waals surface area contributed by atoms with Crippen molar-refractivity contribution in [2.75, 3.05) is 0 Å². The number of fused-ring (bicyclic) bond motifs is 1. The lowest BCUT2D eigenvalue weighted by Gasteiger charge is -1.99. The van der Waals surface area contributed by atoms with E-state index in [0.717, 1.165) is 11.0 Å². The third-order valence-electron chi connectivity index (χ3n) is 2.22. The van der Waals surface area contributed by atoms with Crippen LogP contribution in [0.25, 0.3) is 17.0 Å². The smallest absolute Gasteiger partial charge is 0.235 e. The third kappa shape index (κ3) is 1.27. The lowest BCUT2D eigenvalue weighted by atomic mass is 10.3. The normalized spacial score (nSPS) is 10.7. The Labute approximate surface area is 86.2 Å². The van der Waals surface area contributed by atoms with Crippen LogP contribution in [0.1, 0.15) is 0 Å². The largest absolute Gasteiger partial charge is 0.267 e. The number of benzene rings is 1. The fourth-order valence-corrected chi connectivity index (χ4v) is 1.53. The minimum Gasteiger partial charge on any atom is -0.267 e. The van der Waals surface area contributed by atoms with Crippen molar-refractivity contribution in [2.24, 2.45) is 0 Å². The molecule has 0 N–H and O–H groups in total. The molecule has 72 valence electrons. The predicted molar refractivity (Wildman–Crippen MR) is 56.7 cm³/mol. The van der Waals surface area contributed by atoms with Crippen molar-refractivity contribution in [2.45, 2.75) is 0 Å². The van der Waals surface area contributed by atoms with Crippen LogP contribution in [0.3, 0.4) is 0 Å². The van der Waals surface area contributed by atoms with Gasteiger partial charge in [0.1, 0.15) is 6.33 Å². The van der Waals surface area contributed by atoms with Gasteiger partial charge >= 0.3 is 0 Å². The SMILES string of the molecule is c1cnc(-n2cnc3ccccc32)nc1. The molecule has 15 heavy (non-hydrogen) atoms. The summed E-state index contributed by atoms with van der Waals surface area (Å²) in [7, 11) is 0. The molecular formula is C11H8N4. The van der Waals surface area contributed by atoms with E-state index in [0.29, 0.717) is 5.95 Å². The highest BCUT2D eigenvalue weighted by molar-refractivity contribution is 5.76. The summed E-state index contributed by atoms with van der Waals surface area (Å²) in [6.07, 6.45) is 5.17. The molecule has 4 nitrogen and oxygen atoms in total. The molecule has 0 fully saturated rings. The zero-order chi connectivity index (χ0) is 10.1. The maximum Gasteiger partial charge on any atom is 0.235 e. The molecular weight excluding hydrogens is 188 g/mol. The van der Waals surface area contributed by atoms with E-state index in [4.69, 9.17) is 0 Å². The molecule has 0 saturated heterocycles. The molecule has 0 atom stereocenters. The summed E-state index contributed by atoms with van der Waals surface area (Å²) in [6, 6.07) is 9.70. The highest BCUT2D eigenvalue weighted by Gasteiger charge is 2.04. The second kappa shape index (κ2) is 3.16. The lowest BCUT2D eigenvalue weighted by Crippen LogP contribution is -1.97. The van der Waals surface area contributed by atoms with Gasteiger partial charge in [0.15, 0.2) is 0 Å². The Bertz CT molecular complexity index is 586. The highest BCUT2D eigenvalue weighted by atomic mass is 15.2. The van der Waals surface area contributed by atoms with E-state index in [1.807, 2.05) is 28.8 Å². The monoisotopic (exact) mass is 196 g/mol. The molecule has 0 aliphatic rings. The van der Waals surface area contributed by atoms with Gasteiger partial charge in [-0.25, -0.2) is 15.0 Å². The first kappa shape index (κ1) is 8.11. The van der Waals surface area contributed by atoms with E-state index in [2.05, 4.69) is 15.0 Å². The van der Waals surface area contributed by atoms with Crippen LogP contribution in [0.15, 0.2) is 49.1 Å². The maximum atomic E-state index is 4.28. The van der Waals surface area contributed by atoms with Gasteiger partial charge in [-0.2, -0.15) is 0 Å². The summed E-state index contributed by atoms with van der Waals surface area (Å²) in [5, 5.41) is 0. The Hall–Kier alpha value is -2.23. The van der Waals surface area contributed by atoms with E-state index in [9.17, 15) is 0 Å². The Kier molecular flexibility index (Phi) is 1.71. The van der Waals surface area contributed by atoms with Crippen molar-refractivity contribution in [3.63, 3.8) is 0 Å². The van der Waals surface area contributed by atoms with Gasteiger partial charge in [-0.1, -0.05) is 12.1 Å². The zero-order valence-corrected chi connectivity index (χ0v) is 7.91. The minimum absolute atomic E-state index is 0.645. The molecule has 0 amide bonds. The van der Waals surface area contributed by atoms with E-state index >= 15 is 0 Å². The standard InChI is InChI=1S/C11H8N4/c1-2-5-10-9(4-1)14-8-15(10)11-12-6-3-7-13-11/h1-8H. The quantitative estimate of drug-likeness (QED) is 0.596. The van der Waals surface area contributed by atoms with Crippen LogP contribution >= 0.6 is 0 Å². The van der Waals surface area contributed by atoms with Crippen LogP contribution < -0.4 is 0 Å². The van der Waals surface area contributed by atoms with E-state index in [-0.39, 0.29) is 0 Å². The molecule has 3 aromatic rings. The maximum absolute atomic E-state index is 4.28. The van der Waals surface area contributed by atoms with Crippen LogP contribution in [0, 0.1) is 0 Å². The molecule has 0 spiro atoms. The van der Waals surface area contributed by atoms with Crippen molar-refractivity contribution in [3.05, 3.63) is 49.1 Å². The number of imidazole rings is 1. The molecule has 1 aromatic carbocycles. The summed E-state index contributed by atoms with van der Waals surface area (Å²) in [5.41, 5.74) is 1.97. The average Bonchev–Trinajstić information content (AvgIpc) is 2.74. The Morgan fingerprint density at radius 3 is 2.53 bits per heavy atom. The Morgan fingerprint density at radius 1 is 0.867 bits per heavy atom. The van der Waals surface area contributed by atoms with E-state index in [1.165, 1.54) is 0 Å². The number of para-hydroxylation sites is 2. The van der Waals surface area contributed by atoms with Crippen LogP contribution in [0.5, 0.6) is 0 Å². The van der Waals surface area contributed by atoms with Gasteiger partial charge in [-0.05, 0) is 18.2 Å². The first-order valence-electron chi connectivity index (χ1n) is 4.64. The van der Waals surface area contributed by atoms with Crippen molar-refractivity contribution in [1.29, 1.82) is 0 Å². The van der Waals surface area contributed by atoms with Crippen LogP contribution in [-0.2, 0) is 0 Å². The molecule has 2 heterocycles. The average molecular weight is 196 g/mol. The summed E-state index contributed by atoms with van der Waals surface area (Å²) in [4.78, 5) is 12.6. The highest BCUT2D eigenvalue weighted by Crippen LogP contribution is 2.14. The van der Waals surface area contributed by atoms with Gasteiger partial charge in [0.05, 0.1) is 11.0 Å². The number of hydrogen-bond donors (Lipinski definition) is 0. The summed E-state index contributed by atoms with van der Waals surface area (Å²) >= 11 is 0. The first-order chi connectivity index (χ1) is 7.45. The van der Waals surface area contributed by atoms with Gasteiger partial charge in [0.25, 0.3) is 0 Å². The summed E-state index contributed by atoms with van der Waals surface area (Å²) in [5.74, 6) is 0.645. The summed E-state index contributed by atoms with van der Waals surface area (Å²) < 4.78 is 1.87. The third-order valence-corrected chi connectivity index (χ3v) is 2.22.